The number of aliphatic hydroxyl groups excluding tert-OH is 1. The molecule has 0 aromatic heterocycles. The van der Waals surface area contributed by atoms with Gasteiger partial charge in [-0.1, -0.05) is 87.4 Å². The number of nitrogens with zero attached hydrogens (tertiary/aromatic N) is 1. The average Bonchev–Trinajstić information content (AvgIpc) is 2.71. The molecule has 146 valence electrons. The molecule has 0 heterocycles. The van der Waals surface area contributed by atoms with Gasteiger partial charge in [0.1, 0.15) is 0 Å². The molecule has 0 fully saturated rings. The Bertz CT molecular complexity index is 701. The second kappa shape index (κ2) is 9.70. The Kier molecular flexibility index (Phi) is 7.61. The maximum Gasteiger partial charge on any atom is 0.228 e. The first-order valence-electron chi connectivity index (χ1n) is 9.93. The third-order valence-corrected chi connectivity index (χ3v) is 5.56. The minimum atomic E-state index is -0.702. The quantitative estimate of drug-likeness (QED) is 0.677. The van der Waals surface area contributed by atoms with Crippen molar-refractivity contribution in [3.8, 4) is 0 Å². The minimum absolute atomic E-state index is 0.0993. The SMILES string of the molecule is CCCC[C@](C)(Cc1ccccc1)C(=O)N(C)[C@@H](C)[C@@H](O)c1ccccc1. The fraction of sp³-hybridized carbons (Fsp3) is 0.458. The van der Waals surface area contributed by atoms with Gasteiger partial charge in [0.2, 0.25) is 5.91 Å². The lowest BCUT2D eigenvalue weighted by Gasteiger charge is -2.37. The highest BCUT2D eigenvalue weighted by Crippen LogP contribution is 2.33. The van der Waals surface area contributed by atoms with Gasteiger partial charge >= 0.3 is 0 Å². The third-order valence-electron chi connectivity index (χ3n) is 5.56. The van der Waals surface area contributed by atoms with Crippen molar-refractivity contribution in [2.24, 2.45) is 5.41 Å². The molecule has 0 aliphatic carbocycles. The number of aliphatic hydroxyl groups is 1. The molecular weight excluding hydrogens is 334 g/mol. The summed E-state index contributed by atoms with van der Waals surface area (Å²) >= 11 is 0. The first-order chi connectivity index (χ1) is 12.9. The van der Waals surface area contributed by atoms with Crippen LogP contribution in [0.2, 0.25) is 0 Å². The van der Waals surface area contributed by atoms with Crippen molar-refractivity contribution in [3.63, 3.8) is 0 Å². The Balaban J connectivity index is 2.19. The van der Waals surface area contributed by atoms with Gasteiger partial charge in [-0.05, 0) is 30.9 Å². The van der Waals surface area contributed by atoms with E-state index >= 15 is 0 Å². The van der Waals surface area contributed by atoms with E-state index in [-0.39, 0.29) is 11.9 Å². The number of benzene rings is 2. The molecule has 0 aliphatic rings. The summed E-state index contributed by atoms with van der Waals surface area (Å²) in [5.74, 6) is 0.0993. The van der Waals surface area contributed by atoms with E-state index < -0.39 is 11.5 Å². The topological polar surface area (TPSA) is 40.5 Å². The van der Waals surface area contributed by atoms with Gasteiger partial charge in [-0.3, -0.25) is 4.79 Å². The van der Waals surface area contributed by atoms with Crippen LogP contribution in [0, 0.1) is 5.41 Å². The summed E-state index contributed by atoms with van der Waals surface area (Å²) < 4.78 is 0. The molecular formula is C24H33NO2. The summed E-state index contributed by atoms with van der Waals surface area (Å²) in [6, 6.07) is 19.5. The number of rotatable bonds is 9. The van der Waals surface area contributed by atoms with Gasteiger partial charge in [0, 0.05) is 7.05 Å². The smallest absolute Gasteiger partial charge is 0.228 e. The Morgan fingerprint density at radius 2 is 1.63 bits per heavy atom. The predicted octanol–water partition coefficient (Wildman–Crippen LogP) is 5.01. The zero-order valence-corrected chi connectivity index (χ0v) is 17.1. The van der Waals surface area contributed by atoms with Crippen molar-refractivity contribution < 1.29 is 9.90 Å². The van der Waals surface area contributed by atoms with E-state index in [0.717, 1.165) is 24.8 Å². The van der Waals surface area contributed by atoms with Crippen LogP contribution in [-0.2, 0) is 11.2 Å². The van der Waals surface area contributed by atoms with Crippen LogP contribution in [-0.4, -0.2) is 29.0 Å². The van der Waals surface area contributed by atoms with Gasteiger partial charge in [-0.15, -0.1) is 0 Å². The maximum atomic E-state index is 13.5. The summed E-state index contributed by atoms with van der Waals surface area (Å²) in [5, 5.41) is 10.7. The molecule has 27 heavy (non-hydrogen) atoms. The molecule has 0 unspecified atom stereocenters. The fourth-order valence-electron chi connectivity index (χ4n) is 3.64. The van der Waals surface area contributed by atoms with Crippen LogP contribution in [0.15, 0.2) is 60.7 Å². The monoisotopic (exact) mass is 367 g/mol. The van der Waals surface area contributed by atoms with E-state index in [1.165, 1.54) is 5.56 Å². The molecule has 0 bridgehead atoms. The molecule has 1 amide bonds. The van der Waals surface area contributed by atoms with Crippen LogP contribution in [0.3, 0.4) is 0 Å². The number of unbranched alkanes of at least 4 members (excludes halogenated alkanes) is 1. The molecule has 0 spiro atoms. The molecule has 0 saturated carbocycles. The van der Waals surface area contributed by atoms with E-state index in [2.05, 4.69) is 26.0 Å². The van der Waals surface area contributed by atoms with Crippen LogP contribution in [0.25, 0.3) is 0 Å². The molecule has 2 aromatic rings. The van der Waals surface area contributed by atoms with Crippen LogP contribution < -0.4 is 0 Å². The first kappa shape index (κ1) is 21.2. The highest BCUT2D eigenvalue weighted by molar-refractivity contribution is 5.82. The van der Waals surface area contributed by atoms with Crippen LogP contribution in [0.1, 0.15) is 57.3 Å². The minimum Gasteiger partial charge on any atom is -0.386 e. The maximum absolute atomic E-state index is 13.5. The summed E-state index contributed by atoms with van der Waals surface area (Å²) in [4.78, 5) is 15.2. The molecule has 0 aliphatic heterocycles. The van der Waals surface area contributed by atoms with Crippen LogP contribution in [0.5, 0.6) is 0 Å². The molecule has 0 saturated heterocycles. The van der Waals surface area contributed by atoms with Gasteiger partial charge in [-0.2, -0.15) is 0 Å². The largest absolute Gasteiger partial charge is 0.386 e. The molecule has 0 radical (unpaired) electrons. The lowest BCUT2D eigenvalue weighted by molar-refractivity contribution is -0.144. The lowest BCUT2D eigenvalue weighted by atomic mass is 9.77. The van der Waals surface area contributed by atoms with Gasteiger partial charge < -0.3 is 10.0 Å². The average molecular weight is 368 g/mol. The predicted molar refractivity (Wildman–Crippen MR) is 111 cm³/mol. The van der Waals surface area contributed by atoms with E-state index in [1.54, 1.807) is 4.90 Å². The second-order valence-electron chi connectivity index (χ2n) is 7.84. The van der Waals surface area contributed by atoms with Crippen molar-refractivity contribution in [2.75, 3.05) is 7.05 Å². The van der Waals surface area contributed by atoms with Crippen LogP contribution >= 0.6 is 0 Å². The number of amides is 1. The number of carbonyl (C=O) groups is 1. The Morgan fingerprint density at radius 3 is 2.19 bits per heavy atom. The molecule has 3 heteroatoms. The standard InChI is InChI=1S/C24H33NO2/c1-5-6-17-24(3,18-20-13-9-7-10-14-20)23(27)25(4)19(2)22(26)21-15-11-8-12-16-21/h7-16,19,22,26H,5-6,17-18H2,1-4H3/t19-,22+,24+/m0/s1. The number of likely N-dealkylation sites (N-methyl/N-ethyl adjacent to an activating group) is 1. The van der Waals surface area contributed by atoms with E-state index in [4.69, 9.17) is 0 Å². The van der Waals surface area contributed by atoms with E-state index in [0.29, 0.717) is 6.42 Å². The Labute approximate surface area is 164 Å². The van der Waals surface area contributed by atoms with Crippen molar-refractivity contribution >= 4 is 5.91 Å². The van der Waals surface area contributed by atoms with Gasteiger partial charge in [0.25, 0.3) is 0 Å². The molecule has 3 atom stereocenters. The summed E-state index contributed by atoms with van der Waals surface area (Å²) in [5.41, 5.74) is 1.54. The van der Waals surface area contributed by atoms with Crippen molar-refractivity contribution in [1.82, 2.24) is 4.90 Å². The van der Waals surface area contributed by atoms with Crippen molar-refractivity contribution in [1.29, 1.82) is 0 Å². The zero-order chi connectivity index (χ0) is 19.9. The molecule has 2 aromatic carbocycles. The number of hydrogen-bond acceptors (Lipinski definition) is 2. The molecule has 2 rings (SSSR count). The fourth-order valence-corrected chi connectivity index (χ4v) is 3.64. The highest BCUT2D eigenvalue weighted by atomic mass is 16.3. The normalized spacial score (nSPS) is 15.6. The van der Waals surface area contributed by atoms with Crippen molar-refractivity contribution in [2.45, 2.75) is 58.6 Å². The number of hydrogen-bond donors (Lipinski definition) is 1. The van der Waals surface area contributed by atoms with Gasteiger partial charge in [0.15, 0.2) is 0 Å². The highest BCUT2D eigenvalue weighted by Gasteiger charge is 2.37. The summed E-state index contributed by atoms with van der Waals surface area (Å²) in [6.07, 6.45) is 2.93. The van der Waals surface area contributed by atoms with Gasteiger partial charge in [0.05, 0.1) is 17.6 Å². The second-order valence-corrected chi connectivity index (χ2v) is 7.84. The number of carbonyl (C=O) groups excluding carboxylic acids is 1. The molecule has 3 nitrogen and oxygen atoms in total. The zero-order valence-electron chi connectivity index (χ0n) is 17.1. The lowest BCUT2D eigenvalue weighted by Crippen LogP contribution is -2.47. The summed E-state index contributed by atoms with van der Waals surface area (Å²) in [6.45, 7) is 6.13. The van der Waals surface area contributed by atoms with Crippen LogP contribution in [0.4, 0.5) is 0 Å². The van der Waals surface area contributed by atoms with Crippen molar-refractivity contribution in [3.05, 3.63) is 71.8 Å². The Morgan fingerprint density at radius 1 is 1.07 bits per heavy atom. The molecule has 1 N–H and O–H groups in total. The first-order valence-corrected chi connectivity index (χ1v) is 9.93. The van der Waals surface area contributed by atoms with E-state index in [1.807, 2.05) is 62.5 Å². The van der Waals surface area contributed by atoms with E-state index in [9.17, 15) is 9.90 Å². The third kappa shape index (κ3) is 5.43. The van der Waals surface area contributed by atoms with Gasteiger partial charge in [-0.25, -0.2) is 0 Å². The summed E-state index contributed by atoms with van der Waals surface area (Å²) in [7, 11) is 1.81. The Hall–Kier alpha value is -2.13.